The second-order valence-electron chi connectivity index (χ2n) is 5.43. The Balaban J connectivity index is 1.80. The topological polar surface area (TPSA) is 63.4 Å². The predicted octanol–water partition coefficient (Wildman–Crippen LogP) is 1.82. The molecule has 1 heterocycles. The van der Waals surface area contributed by atoms with E-state index in [1.165, 1.54) is 12.8 Å². The molecule has 0 bridgehead atoms. The lowest BCUT2D eigenvalue weighted by atomic mass is 10.3. The van der Waals surface area contributed by atoms with Crippen molar-refractivity contribution in [2.75, 3.05) is 44.8 Å². The van der Waals surface area contributed by atoms with E-state index in [1.54, 1.807) is 0 Å². The Morgan fingerprint density at radius 1 is 1.42 bits per heavy atom. The third-order valence-electron chi connectivity index (χ3n) is 3.13. The summed E-state index contributed by atoms with van der Waals surface area (Å²) in [6.45, 7) is 2.70. The molecule has 0 spiro atoms. The molecule has 1 aliphatic carbocycles. The Hall–Kier alpha value is -1.49. The van der Waals surface area contributed by atoms with Crippen LogP contribution in [0.15, 0.2) is 12.1 Å². The van der Waals surface area contributed by atoms with Crippen LogP contribution in [0.4, 0.5) is 11.5 Å². The lowest BCUT2D eigenvalue weighted by Crippen LogP contribution is -2.16. The van der Waals surface area contributed by atoms with Crippen LogP contribution in [0.25, 0.3) is 0 Å². The van der Waals surface area contributed by atoms with Gasteiger partial charge in [0.05, 0.1) is 12.3 Å². The van der Waals surface area contributed by atoms with E-state index in [2.05, 4.69) is 29.3 Å². The Labute approximate surface area is 115 Å². The summed E-state index contributed by atoms with van der Waals surface area (Å²) in [4.78, 5) is 6.59. The monoisotopic (exact) mass is 264 g/mol. The first kappa shape index (κ1) is 13.9. The van der Waals surface area contributed by atoms with Crippen molar-refractivity contribution in [1.29, 1.82) is 0 Å². The zero-order chi connectivity index (χ0) is 13.7. The molecule has 0 aromatic carbocycles. The second-order valence-corrected chi connectivity index (χ2v) is 5.43. The van der Waals surface area contributed by atoms with Crippen LogP contribution in [-0.2, 0) is 0 Å². The molecule has 1 saturated carbocycles. The van der Waals surface area contributed by atoms with Gasteiger partial charge >= 0.3 is 0 Å². The molecule has 5 heteroatoms. The molecule has 3 N–H and O–H groups in total. The normalized spacial score (nSPS) is 14.7. The number of aromatic nitrogens is 1. The Morgan fingerprint density at radius 3 is 2.89 bits per heavy atom. The smallest absolute Gasteiger partial charge is 0.239 e. The largest absolute Gasteiger partial charge is 0.476 e. The zero-order valence-electron chi connectivity index (χ0n) is 11.9. The van der Waals surface area contributed by atoms with Gasteiger partial charge < -0.3 is 20.7 Å². The standard InChI is InChI=1S/C14H24N4O/c1-18(2)9-3-8-16-13-7-6-12(15)14(17-13)19-10-11-4-5-11/h6-7,11H,3-5,8-10,15H2,1-2H3,(H,16,17). The van der Waals surface area contributed by atoms with E-state index in [4.69, 9.17) is 10.5 Å². The fourth-order valence-corrected chi connectivity index (χ4v) is 1.76. The zero-order valence-corrected chi connectivity index (χ0v) is 11.9. The minimum Gasteiger partial charge on any atom is -0.476 e. The molecule has 0 radical (unpaired) electrons. The van der Waals surface area contributed by atoms with Gasteiger partial charge in [-0.05, 0) is 58.0 Å². The third kappa shape index (κ3) is 4.95. The molecule has 0 atom stereocenters. The predicted molar refractivity (Wildman–Crippen MR) is 78.5 cm³/mol. The van der Waals surface area contributed by atoms with E-state index in [0.29, 0.717) is 17.5 Å². The van der Waals surface area contributed by atoms with E-state index in [9.17, 15) is 0 Å². The van der Waals surface area contributed by atoms with Gasteiger partial charge in [-0.25, -0.2) is 0 Å². The molecular weight excluding hydrogens is 240 g/mol. The van der Waals surface area contributed by atoms with Crippen molar-refractivity contribution in [2.24, 2.45) is 5.92 Å². The van der Waals surface area contributed by atoms with Gasteiger partial charge in [-0.2, -0.15) is 4.98 Å². The third-order valence-corrected chi connectivity index (χ3v) is 3.13. The number of nitrogen functional groups attached to an aromatic ring is 1. The summed E-state index contributed by atoms with van der Waals surface area (Å²) in [7, 11) is 4.15. The minimum absolute atomic E-state index is 0.560. The maximum absolute atomic E-state index is 5.87. The van der Waals surface area contributed by atoms with Gasteiger partial charge in [0, 0.05) is 6.54 Å². The SMILES string of the molecule is CN(C)CCCNc1ccc(N)c(OCC2CC2)n1. The highest BCUT2D eigenvalue weighted by Gasteiger charge is 2.22. The van der Waals surface area contributed by atoms with Crippen molar-refractivity contribution in [3.8, 4) is 5.88 Å². The van der Waals surface area contributed by atoms with Crippen molar-refractivity contribution in [3.63, 3.8) is 0 Å². The van der Waals surface area contributed by atoms with Crippen molar-refractivity contribution in [1.82, 2.24) is 9.88 Å². The molecule has 0 saturated heterocycles. The summed E-state index contributed by atoms with van der Waals surface area (Å²) >= 11 is 0. The molecule has 2 rings (SSSR count). The number of anilines is 2. The van der Waals surface area contributed by atoms with E-state index in [1.807, 2.05) is 12.1 Å². The van der Waals surface area contributed by atoms with Gasteiger partial charge in [-0.15, -0.1) is 0 Å². The van der Waals surface area contributed by atoms with Crippen molar-refractivity contribution in [3.05, 3.63) is 12.1 Å². The lowest BCUT2D eigenvalue weighted by Gasteiger charge is -2.12. The van der Waals surface area contributed by atoms with E-state index >= 15 is 0 Å². The number of nitrogens with zero attached hydrogens (tertiary/aromatic N) is 2. The average molecular weight is 264 g/mol. The molecule has 1 aromatic rings. The molecule has 5 nitrogen and oxygen atoms in total. The van der Waals surface area contributed by atoms with Gasteiger partial charge in [0.1, 0.15) is 5.82 Å². The fourth-order valence-electron chi connectivity index (χ4n) is 1.76. The molecule has 0 unspecified atom stereocenters. The number of nitrogens with one attached hydrogen (secondary N) is 1. The van der Waals surface area contributed by atoms with Crippen molar-refractivity contribution < 1.29 is 4.74 Å². The van der Waals surface area contributed by atoms with Crippen LogP contribution < -0.4 is 15.8 Å². The van der Waals surface area contributed by atoms with Crippen LogP contribution in [0.2, 0.25) is 0 Å². The van der Waals surface area contributed by atoms with Crippen molar-refractivity contribution in [2.45, 2.75) is 19.3 Å². The summed E-state index contributed by atoms with van der Waals surface area (Å²) in [5.41, 5.74) is 6.48. The first-order chi connectivity index (χ1) is 9.15. The van der Waals surface area contributed by atoms with Crippen LogP contribution in [0.5, 0.6) is 5.88 Å². The summed E-state index contributed by atoms with van der Waals surface area (Å²) in [6.07, 6.45) is 3.61. The van der Waals surface area contributed by atoms with Gasteiger partial charge in [0.25, 0.3) is 0 Å². The molecular formula is C14H24N4O. The van der Waals surface area contributed by atoms with Gasteiger partial charge in [0.2, 0.25) is 5.88 Å². The Bertz CT molecular complexity index is 404. The summed E-state index contributed by atoms with van der Waals surface area (Å²) in [6, 6.07) is 3.75. The average Bonchev–Trinajstić information content (AvgIpc) is 3.18. The number of rotatable bonds is 8. The van der Waals surface area contributed by atoms with E-state index < -0.39 is 0 Å². The number of hydrogen-bond acceptors (Lipinski definition) is 5. The van der Waals surface area contributed by atoms with Gasteiger partial charge in [-0.1, -0.05) is 0 Å². The number of pyridine rings is 1. The summed E-state index contributed by atoms with van der Waals surface area (Å²) in [5, 5.41) is 3.30. The van der Waals surface area contributed by atoms with E-state index in [-0.39, 0.29) is 0 Å². The minimum atomic E-state index is 0.560. The van der Waals surface area contributed by atoms with Gasteiger partial charge in [0.15, 0.2) is 0 Å². The van der Waals surface area contributed by atoms with Crippen LogP contribution in [0.3, 0.4) is 0 Å². The number of ether oxygens (including phenoxy) is 1. The van der Waals surface area contributed by atoms with E-state index in [0.717, 1.165) is 31.9 Å². The van der Waals surface area contributed by atoms with Crippen molar-refractivity contribution >= 4 is 11.5 Å². The summed E-state index contributed by atoms with van der Waals surface area (Å²) < 4.78 is 5.66. The Kier molecular flexibility index (Phi) is 4.85. The molecule has 0 amide bonds. The highest BCUT2D eigenvalue weighted by atomic mass is 16.5. The lowest BCUT2D eigenvalue weighted by molar-refractivity contribution is 0.290. The molecule has 0 aliphatic heterocycles. The molecule has 1 fully saturated rings. The first-order valence-corrected chi connectivity index (χ1v) is 6.93. The second kappa shape index (κ2) is 6.61. The quantitative estimate of drug-likeness (QED) is 0.701. The molecule has 106 valence electrons. The molecule has 1 aromatic heterocycles. The maximum atomic E-state index is 5.87. The Morgan fingerprint density at radius 2 is 2.21 bits per heavy atom. The van der Waals surface area contributed by atoms with Gasteiger partial charge in [-0.3, -0.25) is 0 Å². The molecule has 1 aliphatic rings. The van der Waals surface area contributed by atoms with Crippen LogP contribution >= 0.6 is 0 Å². The number of nitrogens with two attached hydrogens (primary N) is 1. The fraction of sp³-hybridized carbons (Fsp3) is 0.643. The summed E-state index contributed by atoms with van der Waals surface area (Å²) in [5.74, 6) is 2.10. The van der Waals surface area contributed by atoms with Crippen LogP contribution in [-0.4, -0.2) is 43.7 Å². The maximum Gasteiger partial charge on any atom is 0.239 e. The first-order valence-electron chi connectivity index (χ1n) is 6.93. The number of hydrogen-bond donors (Lipinski definition) is 2. The molecule has 19 heavy (non-hydrogen) atoms. The highest BCUT2D eigenvalue weighted by molar-refractivity contribution is 5.53. The highest BCUT2D eigenvalue weighted by Crippen LogP contribution is 2.30. The van der Waals surface area contributed by atoms with Crippen LogP contribution in [0, 0.1) is 5.92 Å². The van der Waals surface area contributed by atoms with Crippen LogP contribution in [0.1, 0.15) is 19.3 Å².